The van der Waals surface area contributed by atoms with E-state index in [1.807, 2.05) is 0 Å². The summed E-state index contributed by atoms with van der Waals surface area (Å²) in [5.74, 6) is -0.156. The molecule has 0 aliphatic carbocycles. The van der Waals surface area contributed by atoms with E-state index in [1.54, 1.807) is 0 Å². The molecule has 9 nitrogen and oxygen atoms in total. The monoisotopic (exact) mass is 818 g/mol. The Hall–Kier alpha value is -2.11. The highest BCUT2D eigenvalue weighted by Crippen LogP contribution is 2.23. The van der Waals surface area contributed by atoms with Crippen LogP contribution in [-0.4, -0.2) is 87.5 Å². The Balaban J connectivity index is 2.04. The number of carbonyl (C=O) groups is 1. The zero-order valence-corrected chi connectivity index (χ0v) is 36.8. The van der Waals surface area contributed by atoms with Gasteiger partial charge in [0.2, 0.25) is 5.91 Å². The Morgan fingerprint density at radius 1 is 0.603 bits per heavy atom. The predicted octanol–water partition coefficient (Wildman–Crippen LogP) is 10.0. The molecule has 0 saturated carbocycles. The van der Waals surface area contributed by atoms with Crippen LogP contribution in [0.5, 0.6) is 0 Å². The van der Waals surface area contributed by atoms with Gasteiger partial charge in [0.1, 0.15) is 24.4 Å². The topological polar surface area (TPSA) is 149 Å². The Morgan fingerprint density at radius 2 is 1.07 bits per heavy atom. The van der Waals surface area contributed by atoms with E-state index in [4.69, 9.17) is 9.47 Å². The van der Waals surface area contributed by atoms with Gasteiger partial charge in [-0.3, -0.25) is 4.79 Å². The van der Waals surface area contributed by atoms with Crippen molar-refractivity contribution in [3.8, 4) is 0 Å². The van der Waals surface area contributed by atoms with Crippen molar-refractivity contribution in [3.05, 3.63) is 60.8 Å². The number of unbranched alkanes of at least 4 members (excludes halogenated alkanes) is 18. The van der Waals surface area contributed by atoms with Gasteiger partial charge in [0.15, 0.2) is 6.29 Å². The highest BCUT2D eigenvalue weighted by Gasteiger charge is 2.44. The molecule has 1 heterocycles. The van der Waals surface area contributed by atoms with Crippen molar-refractivity contribution in [3.63, 3.8) is 0 Å². The van der Waals surface area contributed by atoms with Crippen molar-refractivity contribution in [2.24, 2.45) is 0 Å². The molecule has 0 bridgehead atoms. The summed E-state index contributed by atoms with van der Waals surface area (Å²) < 4.78 is 11.1. The second kappa shape index (κ2) is 39.1. The van der Waals surface area contributed by atoms with E-state index in [0.29, 0.717) is 12.8 Å². The van der Waals surface area contributed by atoms with Crippen LogP contribution in [0, 0.1) is 0 Å². The molecule has 7 atom stereocenters. The molecule has 1 saturated heterocycles. The summed E-state index contributed by atoms with van der Waals surface area (Å²) in [5.41, 5.74) is 0. The lowest BCUT2D eigenvalue weighted by atomic mass is 9.99. The van der Waals surface area contributed by atoms with Crippen molar-refractivity contribution in [1.82, 2.24) is 5.32 Å². The summed E-state index contributed by atoms with van der Waals surface area (Å²) in [6.45, 7) is 3.58. The summed E-state index contributed by atoms with van der Waals surface area (Å²) in [7, 11) is 0. The summed E-state index contributed by atoms with van der Waals surface area (Å²) in [4.78, 5) is 12.8. The largest absolute Gasteiger partial charge is 0.394 e. The van der Waals surface area contributed by atoms with E-state index in [9.17, 15) is 30.3 Å². The predicted molar refractivity (Wildman–Crippen MR) is 239 cm³/mol. The van der Waals surface area contributed by atoms with Crippen LogP contribution in [0.25, 0.3) is 0 Å². The van der Waals surface area contributed by atoms with Gasteiger partial charge in [0.05, 0.1) is 25.4 Å². The number of hydrogen-bond acceptors (Lipinski definition) is 8. The first-order valence-electron chi connectivity index (χ1n) is 23.5. The van der Waals surface area contributed by atoms with Crippen molar-refractivity contribution in [2.75, 3.05) is 13.2 Å². The third kappa shape index (κ3) is 29.2. The molecule has 0 aromatic heterocycles. The van der Waals surface area contributed by atoms with Crippen LogP contribution in [-0.2, 0) is 14.3 Å². The van der Waals surface area contributed by atoms with E-state index in [-0.39, 0.29) is 12.5 Å². The zero-order chi connectivity index (χ0) is 42.3. The molecular formula is C49H87NO8. The normalized spacial score (nSPS) is 21.4. The van der Waals surface area contributed by atoms with Gasteiger partial charge in [0, 0.05) is 6.42 Å². The smallest absolute Gasteiger partial charge is 0.220 e. The first kappa shape index (κ1) is 53.9. The number of hydrogen-bond donors (Lipinski definition) is 6. The maximum atomic E-state index is 12.8. The summed E-state index contributed by atoms with van der Waals surface area (Å²) >= 11 is 0. The van der Waals surface area contributed by atoms with E-state index < -0.39 is 49.5 Å². The number of allylic oxidation sites excluding steroid dienone is 10. The molecule has 9 heteroatoms. The third-order valence-corrected chi connectivity index (χ3v) is 10.9. The summed E-state index contributed by atoms with van der Waals surface area (Å²) in [5, 5.41) is 53.7. The number of rotatable bonds is 38. The van der Waals surface area contributed by atoms with E-state index in [1.165, 1.54) is 83.5 Å². The van der Waals surface area contributed by atoms with Crippen LogP contribution in [0.1, 0.15) is 187 Å². The van der Waals surface area contributed by atoms with Crippen LogP contribution < -0.4 is 5.32 Å². The number of aliphatic hydroxyl groups is 5. The fraction of sp³-hybridized carbons (Fsp3) is 0.776. The SMILES string of the molecule is CC/C=C\C/C=C\C/C=C\C/C=C\C/C=C\CCCCCCCCCCCCCCCCCC(=O)NC(COC1OC(CO)C(O)C(O)C1O)C(O)CCCCCC. The average Bonchev–Trinajstić information content (AvgIpc) is 3.22. The van der Waals surface area contributed by atoms with Gasteiger partial charge >= 0.3 is 0 Å². The highest BCUT2D eigenvalue weighted by molar-refractivity contribution is 5.76. The quantitative estimate of drug-likeness (QED) is 0.0267. The number of nitrogens with one attached hydrogen (secondary N) is 1. The molecular weight excluding hydrogens is 731 g/mol. The summed E-state index contributed by atoms with van der Waals surface area (Å²) in [6.07, 6.45) is 44.6. The lowest BCUT2D eigenvalue weighted by molar-refractivity contribution is -0.302. The number of carbonyl (C=O) groups excluding carboxylic acids is 1. The van der Waals surface area contributed by atoms with Crippen LogP contribution in [0.2, 0.25) is 0 Å². The van der Waals surface area contributed by atoms with Gasteiger partial charge in [0.25, 0.3) is 0 Å². The van der Waals surface area contributed by atoms with Crippen molar-refractivity contribution in [1.29, 1.82) is 0 Å². The third-order valence-electron chi connectivity index (χ3n) is 10.9. The minimum atomic E-state index is -1.55. The van der Waals surface area contributed by atoms with E-state index >= 15 is 0 Å². The molecule has 1 fully saturated rings. The number of amides is 1. The van der Waals surface area contributed by atoms with Gasteiger partial charge < -0.3 is 40.3 Å². The fourth-order valence-electron chi connectivity index (χ4n) is 7.13. The second-order valence-corrected chi connectivity index (χ2v) is 16.2. The summed E-state index contributed by atoms with van der Waals surface area (Å²) in [6, 6.07) is -0.716. The Labute approximate surface area is 354 Å². The molecule has 1 amide bonds. The van der Waals surface area contributed by atoms with Crippen molar-refractivity contribution in [2.45, 2.75) is 230 Å². The van der Waals surface area contributed by atoms with Crippen LogP contribution >= 0.6 is 0 Å². The molecule has 58 heavy (non-hydrogen) atoms. The Morgan fingerprint density at radius 3 is 1.57 bits per heavy atom. The molecule has 6 N–H and O–H groups in total. The molecule has 336 valence electrons. The Bertz CT molecular complexity index is 1090. The highest BCUT2D eigenvalue weighted by atomic mass is 16.7. The van der Waals surface area contributed by atoms with E-state index in [0.717, 1.165) is 77.0 Å². The molecule has 1 rings (SSSR count). The molecule has 1 aliphatic rings. The van der Waals surface area contributed by atoms with Gasteiger partial charge in [-0.25, -0.2) is 0 Å². The van der Waals surface area contributed by atoms with Gasteiger partial charge in [-0.2, -0.15) is 0 Å². The number of ether oxygens (including phenoxy) is 2. The van der Waals surface area contributed by atoms with Crippen LogP contribution in [0.4, 0.5) is 0 Å². The fourth-order valence-corrected chi connectivity index (χ4v) is 7.13. The van der Waals surface area contributed by atoms with Gasteiger partial charge in [-0.15, -0.1) is 0 Å². The molecule has 0 spiro atoms. The molecule has 0 aromatic carbocycles. The maximum absolute atomic E-state index is 12.8. The maximum Gasteiger partial charge on any atom is 0.220 e. The van der Waals surface area contributed by atoms with Crippen LogP contribution in [0.15, 0.2) is 60.8 Å². The molecule has 0 aromatic rings. The minimum absolute atomic E-state index is 0.143. The molecule has 0 radical (unpaired) electrons. The van der Waals surface area contributed by atoms with Gasteiger partial charge in [-0.1, -0.05) is 184 Å². The number of aliphatic hydroxyl groups excluding tert-OH is 5. The van der Waals surface area contributed by atoms with Crippen molar-refractivity contribution < 1.29 is 39.8 Å². The van der Waals surface area contributed by atoms with E-state index in [2.05, 4.69) is 79.9 Å². The standard InChI is InChI=1S/C49H87NO8/c1-3-5-7-9-10-11-12-13-14-15-16-17-18-19-20-21-22-23-24-25-26-27-28-29-30-31-32-33-34-35-37-39-45(53)50-42(43(52)38-36-8-6-4-2)41-57-49-48(56)47(55)46(54)44(40-51)58-49/h5,7,10-11,13-14,16-17,19-20,42-44,46-49,51-52,54-56H,3-4,6,8-9,12,15,18,21-41H2,1-2H3,(H,50,53)/b7-5-,11-10-,14-13-,17-16-,20-19-. The second-order valence-electron chi connectivity index (χ2n) is 16.2. The first-order valence-corrected chi connectivity index (χ1v) is 23.5. The first-order chi connectivity index (χ1) is 28.3. The molecule has 1 aliphatic heterocycles. The lowest BCUT2D eigenvalue weighted by Gasteiger charge is -2.40. The molecule has 7 unspecified atom stereocenters. The van der Waals surface area contributed by atoms with Gasteiger partial charge in [-0.05, 0) is 57.8 Å². The average molecular weight is 818 g/mol. The van der Waals surface area contributed by atoms with Crippen LogP contribution in [0.3, 0.4) is 0 Å². The minimum Gasteiger partial charge on any atom is -0.394 e. The van der Waals surface area contributed by atoms with Crippen molar-refractivity contribution >= 4 is 5.91 Å². The Kier molecular flexibility index (Phi) is 36.3. The zero-order valence-electron chi connectivity index (χ0n) is 36.8. The lowest BCUT2D eigenvalue weighted by Crippen LogP contribution is -2.60.